The number of esters is 1. The van der Waals surface area contributed by atoms with Crippen LogP contribution in [0.2, 0.25) is 0 Å². The van der Waals surface area contributed by atoms with Crippen molar-refractivity contribution in [3.8, 4) is 12.1 Å². The van der Waals surface area contributed by atoms with Crippen LogP contribution in [0.5, 0.6) is 0 Å². The van der Waals surface area contributed by atoms with Gasteiger partial charge in [0.1, 0.15) is 5.41 Å². The largest absolute Gasteiger partial charge is 0.463 e. The number of nitro benzene ring substituents is 1. The summed E-state index contributed by atoms with van der Waals surface area (Å²) in [5, 5.41) is 32.7. The second-order valence-corrected chi connectivity index (χ2v) is 8.56. The number of nitriles is 2. The zero-order valence-corrected chi connectivity index (χ0v) is 20.0. The lowest BCUT2D eigenvalue weighted by molar-refractivity contribution is -0.384. The van der Waals surface area contributed by atoms with Crippen LogP contribution >= 0.6 is 0 Å². The first-order valence-corrected chi connectivity index (χ1v) is 11.0. The second kappa shape index (κ2) is 8.43. The van der Waals surface area contributed by atoms with Crippen molar-refractivity contribution in [2.24, 2.45) is 10.4 Å². The number of hydrogen-bond acceptors (Lipinski definition) is 8. The van der Waals surface area contributed by atoms with Gasteiger partial charge in [0.15, 0.2) is 0 Å². The second-order valence-electron chi connectivity index (χ2n) is 8.56. The van der Waals surface area contributed by atoms with Gasteiger partial charge in [0, 0.05) is 30.4 Å². The molecule has 1 spiro atoms. The monoisotopic (exact) mass is 483 g/mol. The molecule has 1 unspecified atom stereocenters. The van der Waals surface area contributed by atoms with E-state index in [-0.39, 0.29) is 34.8 Å². The summed E-state index contributed by atoms with van der Waals surface area (Å²) in [5.74, 6) is -1.67. The highest BCUT2D eigenvalue weighted by Gasteiger charge is 2.73. The van der Waals surface area contributed by atoms with Gasteiger partial charge in [-0.25, -0.2) is 9.79 Å². The first kappa shape index (κ1) is 24.3. The Morgan fingerprint density at radius 2 is 1.83 bits per heavy atom. The highest BCUT2D eigenvalue weighted by atomic mass is 16.6. The summed E-state index contributed by atoms with van der Waals surface area (Å²) in [6, 6.07) is 13.1. The maximum atomic E-state index is 14.0. The average molecular weight is 483 g/mol. The Morgan fingerprint density at radius 1 is 1.19 bits per heavy atom. The number of aryl methyl sites for hydroxylation is 2. The molecule has 10 heteroatoms. The SMILES string of the molecule is CCOC(=O)C1=CC(=Nc2c(C)cccc2C)C(C#N)(C#N)C12C(=O)N(C)c1ccc([N+](=O)[O-])cc12. The molecule has 180 valence electrons. The minimum Gasteiger partial charge on any atom is -0.463 e. The number of nitrogens with zero attached hydrogens (tertiary/aromatic N) is 5. The van der Waals surface area contributed by atoms with Crippen molar-refractivity contribution in [2.75, 3.05) is 18.6 Å². The minimum absolute atomic E-state index is 0.00157. The van der Waals surface area contributed by atoms with Crippen LogP contribution in [-0.2, 0) is 19.7 Å². The van der Waals surface area contributed by atoms with E-state index in [1.807, 2.05) is 18.2 Å². The number of non-ortho nitro benzene ring substituents is 1. The Bertz CT molecular complexity index is 1460. The number of carbonyl (C=O) groups excluding carboxylic acids is 2. The molecule has 0 aromatic heterocycles. The van der Waals surface area contributed by atoms with Gasteiger partial charge in [-0.3, -0.25) is 14.9 Å². The van der Waals surface area contributed by atoms with Crippen molar-refractivity contribution in [2.45, 2.75) is 26.2 Å². The number of allylic oxidation sites excluding steroid dienone is 1. The molecule has 1 atom stereocenters. The van der Waals surface area contributed by atoms with Crippen molar-refractivity contribution in [3.63, 3.8) is 0 Å². The number of aliphatic imine (C=N–C) groups is 1. The van der Waals surface area contributed by atoms with Gasteiger partial charge in [-0.2, -0.15) is 10.5 Å². The minimum atomic E-state index is -2.31. The average Bonchev–Trinajstić information content (AvgIpc) is 3.27. The third-order valence-corrected chi connectivity index (χ3v) is 6.72. The molecule has 2 aliphatic rings. The molecule has 0 saturated heterocycles. The molecule has 10 nitrogen and oxygen atoms in total. The number of para-hydroxylation sites is 1. The summed E-state index contributed by atoms with van der Waals surface area (Å²) in [6.45, 7) is 5.16. The predicted octanol–water partition coefficient (Wildman–Crippen LogP) is 3.74. The number of ether oxygens (including phenoxy) is 1. The quantitative estimate of drug-likeness (QED) is 0.365. The van der Waals surface area contributed by atoms with E-state index in [0.717, 1.165) is 17.2 Å². The number of nitro groups is 1. The van der Waals surface area contributed by atoms with Crippen molar-refractivity contribution in [1.29, 1.82) is 10.5 Å². The maximum Gasteiger partial charge on any atom is 0.335 e. The summed E-state index contributed by atoms with van der Waals surface area (Å²) in [5.41, 5.74) is -3.04. The van der Waals surface area contributed by atoms with Gasteiger partial charge in [-0.15, -0.1) is 0 Å². The zero-order chi connectivity index (χ0) is 26.4. The Hall–Kier alpha value is -4.83. The van der Waals surface area contributed by atoms with Gasteiger partial charge in [0.2, 0.25) is 11.3 Å². The highest BCUT2D eigenvalue weighted by Crippen LogP contribution is 2.60. The number of anilines is 1. The third kappa shape index (κ3) is 2.98. The molecule has 2 aromatic carbocycles. The first-order valence-electron chi connectivity index (χ1n) is 11.0. The number of hydrogen-bond donors (Lipinski definition) is 0. The fourth-order valence-corrected chi connectivity index (χ4v) is 5.02. The van der Waals surface area contributed by atoms with Crippen LogP contribution in [0.3, 0.4) is 0 Å². The summed E-state index contributed by atoms with van der Waals surface area (Å²) < 4.78 is 5.23. The lowest BCUT2D eigenvalue weighted by Crippen LogP contribution is -2.53. The Balaban J connectivity index is 2.17. The van der Waals surface area contributed by atoms with Crippen molar-refractivity contribution in [1.82, 2.24) is 0 Å². The van der Waals surface area contributed by atoms with Crippen LogP contribution in [0.15, 0.2) is 53.0 Å². The summed E-state index contributed by atoms with van der Waals surface area (Å²) in [7, 11) is 1.42. The lowest BCUT2D eigenvalue weighted by atomic mass is 9.60. The number of rotatable bonds is 4. The van der Waals surface area contributed by atoms with Crippen LogP contribution < -0.4 is 4.90 Å². The lowest BCUT2D eigenvalue weighted by Gasteiger charge is -2.34. The number of carbonyl (C=O) groups is 2. The topological polar surface area (TPSA) is 150 Å². The number of benzene rings is 2. The Kier molecular flexibility index (Phi) is 5.69. The smallest absolute Gasteiger partial charge is 0.335 e. The van der Waals surface area contributed by atoms with E-state index in [1.165, 1.54) is 30.2 Å². The standard InChI is InChI=1S/C26H21N5O5/c1-5-36-23(32)19-12-21(29-22-15(2)7-6-8-16(22)3)25(13-27,14-28)26(19)18-11-17(31(34)35)9-10-20(18)30(4)24(26)33/h6-12H,5H2,1-4H3. The molecule has 0 bridgehead atoms. The van der Waals surface area contributed by atoms with E-state index in [9.17, 15) is 30.2 Å². The molecule has 1 heterocycles. The van der Waals surface area contributed by atoms with Gasteiger partial charge in [-0.1, -0.05) is 18.2 Å². The molecule has 36 heavy (non-hydrogen) atoms. The molecule has 0 fully saturated rings. The van der Waals surface area contributed by atoms with E-state index in [1.54, 1.807) is 32.9 Å². The van der Waals surface area contributed by atoms with Crippen molar-refractivity contribution >= 4 is 34.7 Å². The molecule has 2 aromatic rings. The van der Waals surface area contributed by atoms with Gasteiger partial charge < -0.3 is 9.64 Å². The Labute approximate surface area is 206 Å². The number of amides is 1. The molecule has 4 rings (SSSR count). The molecule has 1 aliphatic heterocycles. The fraction of sp³-hybridized carbons (Fsp3) is 0.269. The van der Waals surface area contributed by atoms with Gasteiger partial charge in [-0.05, 0) is 44.0 Å². The van der Waals surface area contributed by atoms with E-state index in [2.05, 4.69) is 4.99 Å². The maximum absolute atomic E-state index is 14.0. The third-order valence-electron chi connectivity index (χ3n) is 6.72. The predicted molar refractivity (Wildman–Crippen MR) is 130 cm³/mol. The number of likely N-dealkylation sites (N-methyl/N-ethyl adjacent to an activating group) is 1. The normalized spacial score (nSPS) is 20.6. The summed E-state index contributed by atoms with van der Waals surface area (Å²) in [4.78, 5) is 44.1. The van der Waals surface area contributed by atoms with Crippen LogP contribution in [0.4, 0.5) is 17.1 Å². The molecular weight excluding hydrogens is 462 g/mol. The first-order chi connectivity index (χ1) is 17.1. The van der Waals surface area contributed by atoms with E-state index in [0.29, 0.717) is 5.69 Å². The van der Waals surface area contributed by atoms with Crippen molar-refractivity contribution in [3.05, 3.63) is 74.9 Å². The highest BCUT2D eigenvalue weighted by molar-refractivity contribution is 6.27. The van der Waals surface area contributed by atoms with Gasteiger partial charge >= 0.3 is 5.97 Å². The molecule has 1 amide bonds. The fourth-order valence-electron chi connectivity index (χ4n) is 5.02. The van der Waals surface area contributed by atoms with Crippen LogP contribution in [0, 0.1) is 52.0 Å². The van der Waals surface area contributed by atoms with E-state index < -0.39 is 27.6 Å². The van der Waals surface area contributed by atoms with Crippen LogP contribution in [0.1, 0.15) is 23.6 Å². The van der Waals surface area contributed by atoms with Crippen LogP contribution in [-0.4, -0.2) is 36.2 Å². The van der Waals surface area contributed by atoms with E-state index >= 15 is 0 Å². The number of fused-ring (bicyclic) bond motifs is 2. The molecule has 0 saturated carbocycles. The summed E-state index contributed by atoms with van der Waals surface area (Å²) >= 11 is 0. The van der Waals surface area contributed by atoms with Crippen molar-refractivity contribution < 1.29 is 19.2 Å². The summed E-state index contributed by atoms with van der Waals surface area (Å²) in [6.07, 6.45) is 1.25. The Morgan fingerprint density at radius 3 is 2.39 bits per heavy atom. The van der Waals surface area contributed by atoms with Crippen LogP contribution in [0.25, 0.3) is 0 Å². The van der Waals surface area contributed by atoms with Gasteiger partial charge in [0.05, 0.1) is 40.6 Å². The molecular formula is C26H21N5O5. The molecule has 0 radical (unpaired) electrons. The van der Waals surface area contributed by atoms with Gasteiger partial charge in [0.25, 0.3) is 5.69 Å². The van der Waals surface area contributed by atoms with E-state index in [4.69, 9.17) is 4.74 Å². The zero-order valence-electron chi connectivity index (χ0n) is 20.0. The molecule has 0 N–H and O–H groups in total. The molecule has 1 aliphatic carbocycles.